The average molecular weight is 273 g/mol. The summed E-state index contributed by atoms with van der Waals surface area (Å²) in [5, 5.41) is 0. The van der Waals surface area contributed by atoms with E-state index in [0.29, 0.717) is 11.5 Å². The molecule has 2 atom stereocenters. The van der Waals surface area contributed by atoms with Gasteiger partial charge < -0.3 is 10.6 Å². The Morgan fingerprint density at radius 3 is 3.10 bits per heavy atom. The monoisotopic (exact) mass is 273 g/mol. The molecule has 0 bridgehead atoms. The molecular formula is C14H19N5O. The van der Waals surface area contributed by atoms with Crippen LogP contribution in [0.2, 0.25) is 0 Å². The normalized spacial score (nSPS) is 21.1. The number of imidazole rings is 1. The van der Waals surface area contributed by atoms with Crippen molar-refractivity contribution in [1.82, 2.24) is 19.3 Å². The van der Waals surface area contributed by atoms with Crippen LogP contribution < -0.4 is 5.73 Å². The highest BCUT2D eigenvalue weighted by atomic mass is 16.2. The van der Waals surface area contributed by atoms with Crippen LogP contribution in [0.25, 0.3) is 5.78 Å². The van der Waals surface area contributed by atoms with E-state index in [9.17, 15) is 4.79 Å². The fourth-order valence-electron chi connectivity index (χ4n) is 2.84. The van der Waals surface area contributed by atoms with E-state index in [1.54, 1.807) is 16.8 Å². The van der Waals surface area contributed by atoms with Crippen LogP contribution in [0.5, 0.6) is 0 Å². The summed E-state index contributed by atoms with van der Waals surface area (Å²) in [5.74, 6) is 0.503. The number of rotatable bonds is 2. The van der Waals surface area contributed by atoms with Gasteiger partial charge in [-0.15, -0.1) is 0 Å². The third-order valence-electron chi connectivity index (χ3n) is 3.87. The maximum Gasteiger partial charge on any atom is 0.274 e. The zero-order valence-electron chi connectivity index (χ0n) is 11.6. The van der Waals surface area contributed by atoms with E-state index < -0.39 is 0 Å². The number of nitrogens with zero attached hydrogens (tertiary/aromatic N) is 4. The zero-order chi connectivity index (χ0) is 14.1. The summed E-state index contributed by atoms with van der Waals surface area (Å²) < 4.78 is 1.76. The summed E-state index contributed by atoms with van der Waals surface area (Å²) in [6.07, 6.45) is 8.36. The smallest absolute Gasteiger partial charge is 0.274 e. The van der Waals surface area contributed by atoms with Gasteiger partial charge >= 0.3 is 0 Å². The molecule has 0 aromatic carbocycles. The second-order valence-electron chi connectivity index (χ2n) is 5.37. The van der Waals surface area contributed by atoms with Gasteiger partial charge in [0.1, 0.15) is 5.69 Å². The molecule has 1 aliphatic rings. The summed E-state index contributed by atoms with van der Waals surface area (Å²) >= 11 is 0. The average Bonchev–Trinajstić information content (AvgIpc) is 2.90. The van der Waals surface area contributed by atoms with Crippen molar-refractivity contribution in [2.45, 2.75) is 38.3 Å². The van der Waals surface area contributed by atoms with E-state index in [1.807, 2.05) is 24.1 Å². The predicted octanol–water partition coefficient (Wildman–Crippen LogP) is 1.07. The van der Waals surface area contributed by atoms with Crippen LogP contribution in [-0.2, 0) is 0 Å². The van der Waals surface area contributed by atoms with E-state index in [-0.39, 0.29) is 18.0 Å². The molecule has 1 amide bonds. The van der Waals surface area contributed by atoms with Crippen LogP contribution in [-0.4, -0.2) is 43.8 Å². The highest BCUT2D eigenvalue weighted by Gasteiger charge is 2.30. The third-order valence-corrected chi connectivity index (χ3v) is 3.87. The quantitative estimate of drug-likeness (QED) is 0.888. The molecule has 0 aliphatic carbocycles. The Morgan fingerprint density at radius 2 is 2.35 bits per heavy atom. The Bertz CT molecular complexity index is 588. The van der Waals surface area contributed by atoms with Gasteiger partial charge in [-0.25, -0.2) is 9.97 Å². The van der Waals surface area contributed by atoms with Gasteiger partial charge in [0.25, 0.3) is 5.91 Å². The van der Waals surface area contributed by atoms with E-state index >= 15 is 0 Å². The van der Waals surface area contributed by atoms with E-state index in [0.717, 1.165) is 25.8 Å². The third kappa shape index (κ3) is 2.27. The standard InChI is InChI=1S/C14H19N5O/c1-10(15)12-5-2-3-8-19(12)13(20)11-9-18-7-4-6-16-14(18)17-11/h4,6-7,9-10,12H,2-3,5,8,15H2,1H3/t10-,12+/m0/s1. The fourth-order valence-corrected chi connectivity index (χ4v) is 2.84. The lowest BCUT2D eigenvalue weighted by Gasteiger charge is -2.37. The van der Waals surface area contributed by atoms with Crippen molar-refractivity contribution < 1.29 is 4.79 Å². The molecular weight excluding hydrogens is 254 g/mol. The molecule has 6 nitrogen and oxygen atoms in total. The number of aromatic nitrogens is 3. The number of nitrogens with two attached hydrogens (primary N) is 1. The Morgan fingerprint density at radius 1 is 1.50 bits per heavy atom. The molecule has 3 heterocycles. The maximum absolute atomic E-state index is 12.7. The number of hydrogen-bond acceptors (Lipinski definition) is 4. The van der Waals surface area contributed by atoms with E-state index in [4.69, 9.17) is 5.73 Å². The molecule has 3 rings (SSSR count). The topological polar surface area (TPSA) is 76.5 Å². The van der Waals surface area contributed by atoms with Gasteiger partial charge in [0.2, 0.25) is 5.78 Å². The molecule has 2 N–H and O–H groups in total. The van der Waals surface area contributed by atoms with Gasteiger partial charge in [0.15, 0.2) is 0 Å². The van der Waals surface area contributed by atoms with Crippen molar-refractivity contribution in [3.05, 3.63) is 30.4 Å². The SMILES string of the molecule is C[C@H](N)[C@H]1CCCCN1C(=O)c1cn2cccnc2n1. The molecule has 2 aromatic rings. The molecule has 1 aliphatic heterocycles. The molecule has 1 saturated heterocycles. The number of carbonyl (C=O) groups is 1. The minimum absolute atomic E-state index is 0.0191. The number of carbonyl (C=O) groups excluding carboxylic acids is 1. The van der Waals surface area contributed by atoms with Crippen molar-refractivity contribution in [2.75, 3.05) is 6.54 Å². The molecule has 20 heavy (non-hydrogen) atoms. The number of fused-ring (bicyclic) bond motifs is 1. The maximum atomic E-state index is 12.7. The second-order valence-corrected chi connectivity index (χ2v) is 5.37. The first-order valence-electron chi connectivity index (χ1n) is 7.03. The first kappa shape index (κ1) is 13.1. The number of hydrogen-bond donors (Lipinski definition) is 1. The van der Waals surface area contributed by atoms with Gasteiger partial charge in [0.05, 0.1) is 0 Å². The Kier molecular flexibility index (Phi) is 3.40. The van der Waals surface area contributed by atoms with Crippen LogP contribution >= 0.6 is 0 Å². The minimum atomic E-state index is -0.0440. The number of amides is 1. The van der Waals surface area contributed by atoms with Gasteiger partial charge in [-0.2, -0.15) is 0 Å². The number of piperidine rings is 1. The van der Waals surface area contributed by atoms with Gasteiger partial charge in [-0.3, -0.25) is 9.20 Å². The van der Waals surface area contributed by atoms with Gasteiger partial charge in [-0.05, 0) is 32.3 Å². The lowest BCUT2D eigenvalue weighted by molar-refractivity contribution is 0.0578. The number of likely N-dealkylation sites (tertiary alicyclic amines) is 1. The highest BCUT2D eigenvalue weighted by Crippen LogP contribution is 2.21. The van der Waals surface area contributed by atoms with Crippen LogP contribution in [0, 0.1) is 0 Å². The van der Waals surface area contributed by atoms with E-state index in [1.165, 1.54) is 0 Å². The molecule has 1 fully saturated rings. The molecule has 2 aromatic heterocycles. The Balaban J connectivity index is 1.90. The van der Waals surface area contributed by atoms with Crippen LogP contribution in [0.15, 0.2) is 24.7 Å². The molecule has 6 heteroatoms. The summed E-state index contributed by atoms with van der Waals surface area (Å²) in [7, 11) is 0. The predicted molar refractivity (Wildman–Crippen MR) is 75.3 cm³/mol. The molecule has 0 radical (unpaired) electrons. The molecule has 0 saturated carbocycles. The molecule has 106 valence electrons. The van der Waals surface area contributed by atoms with Crippen molar-refractivity contribution in [2.24, 2.45) is 5.73 Å². The fraction of sp³-hybridized carbons (Fsp3) is 0.500. The zero-order valence-corrected chi connectivity index (χ0v) is 11.6. The van der Waals surface area contributed by atoms with Crippen molar-refractivity contribution in [1.29, 1.82) is 0 Å². The van der Waals surface area contributed by atoms with Crippen molar-refractivity contribution >= 4 is 11.7 Å². The summed E-state index contributed by atoms with van der Waals surface area (Å²) in [6.45, 7) is 2.72. The summed E-state index contributed by atoms with van der Waals surface area (Å²) in [6, 6.07) is 1.90. The molecule has 0 unspecified atom stereocenters. The summed E-state index contributed by atoms with van der Waals surface area (Å²) in [4.78, 5) is 23.0. The Hall–Kier alpha value is -1.95. The highest BCUT2D eigenvalue weighted by molar-refractivity contribution is 5.93. The van der Waals surface area contributed by atoms with Crippen LogP contribution in [0.3, 0.4) is 0 Å². The van der Waals surface area contributed by atoms with Gasteiger partial charge in [0, 0.05) is 37.2 Å². The first-order chi connectivity index (χ1) is 9.66. The van der Waals surface area contributed by atoms with Crippen molar-refractivity contribution in [3.8, 4) is 0 Å². The van der Waals surface area contributed by atoms with Crippen LogP contribution in [0.4, 0.5) is 0 Å². The first-order valence-corrected chi connectivity index (χ1v) is 7.03. The summed E-state index contributed by atoms with van der Waals surface area (Å²) in [5.41, 5.74) is 6.46. The lowest BCUT2D eigenvalue weighted by atomic mass is 9.96. The van der Waals surface area contributed by atoms with Crippen molar-refractivity contribution in [3.63, 3.8) is 0 Å². The Labute approximate surface area is 117 Å². The van der Waals surface area contributed by atoms with Gasteiger partial charge in [-0.1, -0.05) is 0 Å². The molecule has 0 spiro atoms. The minimum Gasteiger partial charge on any atom is -0.333 e. The lowest BCUT2D eigenvalue weighted by Crippen LogP contribution is -2.51. The van der Waals surface area contributed by atoms with E-state index in [2.05, 4.69) is 9.97 Å². The van der Waals surface area contributed by atoms with Crippen LogP contribution in [0.1, 0.15) is 36.7 Å². The second kappa shape index (κ2) is 5.20. The largest absolute Gasteiger partial charge is 0.333 e.